The SMILES string of the molecule is CC(C)n1cnc2c(NCCO)nc(NCCN3CCOCC3)nc21. The standard InChI is InChI=1S/C16H27N7O2/c1-12(2)23-11-19-13-14(17-4-8-24)20-16(21-15(13)23)18-3-5-22-6-9-25-10-7-22/h11-12,24H,3-10H2,1-2H3,(H2,17,18,20,21). The van der Waals surface area contributed by atoms with Crippen LogP contribution in [0.25, 0.3) is 11.2 Å². The highest BCUT2D eigenvalue weighted by atomic mass is 16.5. The van der Waals surface area contributed by atoms with Crippen LogP contribution in [0.4, 0.5) is 11.8 Å². The number of anilines is 2. The van der Waals surface area contributed by atoms with Crippen LogP contribution < -0.4 is 10.6 Å². The summed E-state index contributed by atoms with van der Waals surface area (Å²) in [4.78, 5) is 16.0. The molecule has 1 saturated heterocycles. The summed E-state index contributed by atoms with van der Waals surface area (Å²) in [5.41, 5.74) is 1.51. The molecule has 0 radical (unpaired) electrons. The van der Waals surface area contributed by atoms with Crippen molar-refractivity contribution in [2.45, 2.75) is 19.9 Å². The van der Waals surface area contributed by atoms with Crippen LogP contribution in [0.5, 0.6) is 0 Å². The first-order valence-corrected chi connectivity index (χ1v) is 8.82. The lowest BCUT2D eigenvalue weighted by Gasteiger charge is -2.26. The minimum atomic E-state index is 0.0379. The van der Waals surface area contributed by atoms with E-state index in [0.717, 1.165) is 50.6 Å². The van der Waals surface area contributed by atoms with Crippen molar-refractivity contribution in [1.82, 2.24) is 24.4 Å². The Hall–Kier alpha value is -1.97. The van der Waals surface area contributed by atoms with Gasteiger partial charge in [-0.2, -0.15) is 9.97 Å². The fraction of sp³-hybridized carbons (Fsp3) is 0.688. The summed E-state index contributed by atoms with van der Waals surface area (Å²) >= 11 is 0. The van der Waals surface area contributed by atoms with Crippen LogP contribution in [-0.4, -0.2) is 82.1 Å². The van der Waals surface area contributed by atoms with Crippen molar-refractivity contribution < 1.29 is 9.84 Å². The summed E-state index contributed by atoms with van der Waals surface area (Å²) in [6.07, 6.45) is 1.78. The zero-order valence-electron chi connectivity index (χ0n) is 14.9. The number of ether oxygens (including phenoxy) is 1. The third kappa shape index (κ3) is 4.36. The highest BCUT2D eigenvalue weighted by molar-refractivity contribution is 5.84. The van der Waals surface area contributed by atoms with Crippen LogP contribution in [0.1, 0.15) is 19.9 Å². The maximum absolute atomic E-state index is 9.09. The molecule has 0 amide bonds. The maximum atomic E-state index is 9.09. The molecule has 0 aromatic carbocycles. The molecule has 1 fully saturated rings. The van der Waals surface area contributed by atoms with Gasteiger partial charge in [0, 0.05) is 38.8 Å². The quantitative estimate of drug-likeness (QED) is 0.635. The van der Waals surface area contributed by atoms with Gasteiger partial charge in [0.05, 0.1) is 26.1 Å². The van der Waals surface area contributed by atoms with Crippen LogP contribution in [0, 0.1) is 0 Å². The number of nitrogens with zero attached hydrogens (tertiary/aromatic N) is 5. The van der Waals surface area contributed by atoms with Crippen LogP contribution >= 0.6 is 0 Å². The number of fused-ring (bicyclic) bond motifs is 1. The number of imidazole rings is 1. The molecule has 3 rings (SSSR count). The fourth-order valence-corrected chi connectivity index (χ4v) is 2.82. The average molecular weight is 349 g/mol. The molecular formula is C16H27N7O2. The fourth-order valence-electron chi connectivity index (χ4n) is 2.82. The molecule has 0 atom stereocenters. The van der Waals surface area contributed by atoms with Crippen molar-refractivity contribution in [3.63, 3.8) is 0 Å². The molecule has 138 valence electrons. The Labute approximate surface area is 147 Å². The van der Waals surface area contributed by atoms with Crippen molar-refractivity contribution in [1.29, 1.82) is 0 Å². The second-order valence-electron chi connectivity index (χ2n) is 6.34. The van der Waals surface area contributed by atoms with Gasteiger partial charge in [0.2, 0.25) is 5.95 Å². The zero-order chi connectivity index (χ0) is 17.6. The monoisotopic (exact) mass is 349 g/mol. The van der Waals surface area contributed by atoms with E-state index in [0.29, 0.717) is 18.3 Å². The van der Waals surface area contributed by atoms with Crippen molar-refractivity contribution in [3.05, 3.63) is 6.33 Å². The predicted octanol–water partition coefficient (Wildman–Crippen LogP) is 0.556. The number of aromatic nitrogens is 4. The Kier molecular flexibility index (Phi) is 6.00. The largest absolute Gasteiger partial charge is 0.395 e. The minimum Gasteiger partial charge on any atom is -0.395 e. The first-order valence-electron chi connectivity index (χ1n) is 8.82. The molecule has 0 bridgehead atoms. The second kappa shape index (κ2) is 8.41. The van der Waals surface area contributed by atoms with E-state index in [2.05, 4.69) is 44.3 Å². The van der Waals surface area contributed by atoms with E-state index in [1.165, 1.54) is 0 Å². The molecule has 2 aromatic rings. The van der Waals surface area contributed by atoms with Gasteiger partial charge in [0.25, 0.3) is 0 Å². The number of hydrogen-bond donors (Lipinski definition) is 3. The molecule has 1 aliphatic rings. The molecule has 1 aliphatic heterocycles. The van der Waals surface area contributed by atoms with Crippen molar-refractivity contribution >= 4 is 22.9 Å². The van der Waals surface area contributed by atoms with Crippen LogP contribution in [-0.2, 0) is 4.74 Å². The summed E-state index contributed by atoms with van der Waals surface area (Å²) in [6.45, 7) is 9.86. The molecule has 0 unspecified atom stereocenters. The molecule has 3 N–H and O–H groups in total. The minimum absolute atomic E-state index is 0.0379. The Morgan fingerprint density at radius 2 is 2.00 bits per heavy atom. The Morgan fingerprint density at radius 1 is 1.20 bits per heavy atom. The normalized spacial score (nSPS) is 15.8. The first kappa shape index (κ1) is 17.8. The molecule has 0 saturated carbocycles. The summed E-state index contributed by atoms with van der Waals surface area (Å²) in [5.74, 6) is 1.22. The highest BCUT2D eigenvalue weighted by Gasteiger charge is 2.15. The zero-order valence-corrected chi connectivity index (χ0v) is 14.9. The summed E-state index contributed by atoms with van der Waals surface area (Å²) < 4.78 is 7.39. The van der Waals surface area contributed by atoms with Crippen molar-refractivity contribution in [2.75, 3.05) is 63.2 Å². The van der Waals surface area contributed by atoms with E-state index >= 15 is 0 Å². The molecule has 0 aliphatic carbocycles. The average Bonchev–Trinajstić information content (AvgIpc) is 3.05. The lowest BCUT2D eigenvalue weighted by Crippen LogP contribution is -2.39. The number of aliphatic hydroxyl groups excluding tert-OH is 1. The van der Waals surface area contributed by atoms with Crippen LogP contribution in [0.2, 0.25) is 0 Å². The smallest absolute Gasteiger partial charge is 0.226 e. The van der Waals surface area contributed by atoms with Gasteiger partial charge in [-0.25, -0.2) is 4.98 Å². The Bertz CT molecular complexity index is 682. The van der Waals surface area contributed by atoms with E-state index in [1.807, 2.05) is 4.57 Å². The van der Waals surface area contributed by atoms with E-state index in [1.54, 1.807) is 6.33 Å². The third-order valence-electron chi connectivity index (χ3n) is 4.20. The van der Waals surface area contributed by atoms with Gasteiger partial charge in [0.15, 0.2) is 17.0 Å². The topological polar surface area (TPSA) is 100 Å². The molecule has 2 aromatic heterocycles. The van der Waals surface area contributed by atoms with E-state index in [9.17, 15) is 0 Å². The summed E-state index contributed by atoms with van der Waals surface area (Å²) in [6, 6.07) is 0.256. The Balaban J connectivity index is 1.75. The maximum Gasteiger partial charge on any atom is 0.226 e. The lowest BCUT2D eigenvalue weighted by atomic mass is 10.4. The lowest BCUT2D eigenvalue weighted by molar-refractivity contribution is 0.0398. The molecule has 25 heavy (non-hydrogen) atoms. The molecule has 0 spiro atoms. The van der Waals surface area contributed by atoms with E-state index < -0.39 is 0 Å². The number of aliphatic hydroxyl groups is 1. The molecule has 9 nitrogen and oxygen atoms in total. The number of hydrogen-bond acceptors (Lipinski definition) is 8. The third-order valence-corrected chi connectivity index (χ3v) is 4.20. The van der Waals surface area contributed by atoms with Gasteiger partial charge < -0.3 is 25.0 Å². The van der Waals surface area contributed by atoms with E-state index in [4.69, 9.17) is 9.84 Å². The van der Waals surface area contributed by atoms with Gasteiger partial charge in [-0.1, -0.05) is 0 Å². The van der Waals surface area contributed by atoms with Crippen LogP contribution in [0.3, 0.4) is 0 Å². The second-order valence-corrected chi connectivity index (χ2v) is 6.34. The van der Waals surface area contributed by atoms with Crippen LogP contribution in [0.15, 0.2) is 6.33 Å². The molecular weight excluding hydrogens is 322 g/mol. The predicted molar refractivity (Wildman–Crippen MR) is 97.0 cm³/mol. The highest BCUT2D eigenvalue weighted by Crippen LogP contribution is 2.23. The van der Waals surface area contributed by atoms with Gasteiger partial charge >= 0.3 is 0 Å². The van der Waals surface area contributed by atoms with Gasteiger partial charge in [-0.15, -0.1) is 0 Å². The number of nitrogens with one attached hydrogen (secondary N) is 2. The number of morpholine rings is 1. The summed E-state index contributed by atoms with van der Waals surface area (Å²) in [5, 5.41) is 15.5. The number of rotatable bonds is 8. The molecule has 9 heteroatoms. The van der Waals surface area contributed by atoms with Gasteiger partial charge in [0.1, 0.15) is 0 Å². The van der Waals surface area contributed by atoms with Gasteiger partial charge in [-0.05, 0) is 13.8 Å². The van der Waals surface area contributed by atoms with Crippen molar-refractivity contribution in [3.8, 4) is 0 Å². The van der Waals surface area contributed by atoms with Crippen molar-refractivity contribution in [2.24, 2.45) is 0 Å². The Morgan fingerprint density at radius 3 is 2.72 bits per heavy atom. The first-order chi connectivity index (χ1) is 12.2. The van der Waals surface area contributed by atoms with E-state index in [-0.39, 0.29) is 12.6 Å². The van der Waals surface area contributed by atoms with Gasteiger partial charge in [-0.3, -0.25) is 4.90 Å². The molecule has 3 heterocycles. The summed E-state index contributed by atoms with van der Waals surface area (Å²) in [7, 11) is 0.